The third-order valence-electron chi connectivity index (χ3n) is 3.85. The van der Waals surface area contributed by atoms with Gasteiger partial charge in [-0.2, -0.15) is 10.1 Å². The fourth-order valence-corrected chi connectivity index (χ4v) is 2.54. The summed E-state index contributed by atoms with van der Waals surface area (Å²) in [6.07, 6.45) is 0.932. The first-order valence-electron chi connectivity index (χ1n) is 8.16. The average molecular weight is 364 g/mol. The Kier molecular flexibility index (Phi) is 5.40. The highest BCUT2D eigenvalue weighted by Crippen LogP contribution is 2.22. The summed E-state index contributed by atoms with van der Waals surface area (Å²) in [5.74, 6) is -0.969. The maximum atomic E-state index is 13.7. The highest BCUT2D eigenvalue weighted by molar-refractivity contribution is 5.68. The minimum absolute atomic E-state index is 0.173. The van der Waals surface area contributed by atoms with Crippen LogP contribution in [0.15, 0.2) is 24.4 Å². The molecule has 0 spiro atoms. The quantitative estimate of drug-likeness (QED) is 0.890. The molecule has 1 aliphatic rings. The molecule has 2 aromatic rings. The van der Waals surface area contributed by atoms with Crippen LogP contribution in [0.2, 0.25) is 0 Å². The number of benzene rings is 1. The van der Waals surface area contributed by atoms with Gasteiger partial charge in [0.2, 0.25) is 5.95 Å². The molecule has 0 unspecified atom stereocenters. The number of halogens is 2. The molecule has 8 nitrogen and oxygen atoms in total. The van der Waals surface area contributed by atoms with Crippen LogP contribution in [-0.2, 0) is 4.74 Å². The van der Waals surface area contributed by atoms with Gasteiger partial charge in [-0.1, -0.05) is 6.07 Å². The van der Waals surface area contributed by atoms with Crippen molar-refractivity contribution in [2.45, 2.75) is 6.92 Å². The summed E-state index contributed by atoms with van der Waals surface area (Å²) in [6, 6.07) is 3.58. The number of hydrogen-bond acceptors (Lipinski definition) is 7. The number of rotatable bonds is 4. The Labute approximate surface area is 148 Å². The van der Waals surface area contributed by atoms with Crippen LogP contribution in [0.1, 0.15) is 6.92 Å². The molecule has 0 radical (unpaired) electrons. The van der Waals surface area contributed by atoms with Crippen LogP contribution in [0, 0.1) is 11.6 Å². The zero-order valence-corrected chi connectivity index (χ0v) is 14.2. The number of nitrogens with zero attached hydrogens (tertiary/aromatic N) is 5. The topological polar surface area (TPSA) is 83.5 Å². The van der Waals surface area contributed by atoms with E-state index in [2.05, 4.69) is 20.5 Å². The molecular weight excluding hydrogens is 346 g/mol. The molecule has 1 aromatic carbocycles. The lowest BCUT2D eigenvalue weighted by Gasteiger charge is -2.33. The third-order valence-corrected chi connectivity index (χ3v) is 3.85. The number of carbonyl (C=O) groups is 1. The van der Waals surface area contributed by atoms with Crippen molar-refractivity contribution >= 4 is 23.5 Å². The number of para-hydroxylation sites is 1. The van der Waals surface area contributed by atoms with Crippen LogP contribution >= 0.6 is 0 Å². The zero-order chi connectivity index (χ0) is 18.5. The van der Waals surface area contributed by atoms with Crippen molar-refractivity contribution in [1.82, 2.24) is 20.1 Å². The molecule has 26 heavy (non-hydrogen) atoms. The van der Waals surface area contributed by atoms with E-state index in [0.717, 1.165) is 12.1 Å². The Balaban J connectivity index is 1.68. The van der Waals surface area contributed by atoms with E-state index in [0.29, 0.717) is 38.7 Å². The Morgan fingerprint density at radius 1 is 1.23 bits per heavy atom. The number of ether oxygens (including phenoxy) is 1. The number of aromatic nitrogens is 3. The van der Waals surface area contributed by atoms with Crippen molar-refractivity contribution in [2.24, 2.45) is 0 Å². The molecule has 1 amide bonds. The molecular formula is C16H18F2N6O2. The summed E-state index contributed by atoms with van der Waals surface area (Å²) in [6.45, 7) is 4.00. The number of amides is 1. The number of hydrogen-bond donors (Lipinski definition) is 1. The van der Waals surface area contributed by atoms with Gasteiger partial charge in [0, 0.05) is 26.2 Å². The smallest absolute Gasteiger partial charge is 0.409 e. The number of anilines is 3. The molecule has 3 rings (SSSR count). The molecule has 1 aromatic heterocycles. The van der Waals surface area contributed by atoms with Crippen LogP contribution in [-0.4, -0.2) is 59.0 Å². The lowest BCUT2D eigenvalue weighted by Crippen LogP contribution is -2.49. The molecule has 0 atom stereocenters. The maximum absolute atomic E-state index is 13.7. The lowest BCUT2D eigenvalue weighted by atomic mass is 10.3. The van der Waals surface area contributed by atoms with Gasteiger partial charge in [0.15, 0.2) is 5.82 Å². The molecule has 2 heterocycles. The molecule has 0 bridgehead atoms. The van der Waals surface area contributed by atoms with E-state index in [4.69, 9.17) is 4.74 Å². The van der Waals surface area contributed by atoms with Crippen molar-refractivity contribution in [3.63, 3.8) is 0 Å². The number of nitrogens with one attached hydrogen (secondary N) is 1. The molecule has 1 saturated heterocycles. The van der Waals surface area contributed by atoms with Gasteiger partial charge in [-0.3, -0.25) is 0 Å². The highest BCUT2D eigenvalue weighted by Gasteiger charge is 2.23. The van der Waals surface area contributed by atoms with Crippen molar-refractivity contribution in [3.05, 3.63) is 36.0 Å². The predicted molar refractivity (Wildman–Crippen MR) is 90.3 cm³/mol. The molecule has 0 aliphatic carbocycles. The SMILES string of the molecule is CCOC(=O)N1CCN(c2nncc(Nc3c(F)cccc3F)n2)CC1. The zero-order valence-electron chi connectivity index (χ0n) is 14.2. The van der Waals surface area contributed by atoms with E-state index < -0.39 is 11.6 Å². The van der Waals surface area contributed by atoms with E-state index in [1.54, 1.807) is 11.8 Å². The van der Waals surface area contributed by atoms with Gasteiger partial charge in [-0.05, 0) is 19.1 Å². The number of carbonyl (C=O) groups excluding carboxylic acids is 1. The van der Waals surface area contributed by atoms with Gasteiger partial charge in [-0.25, -0.2) is 13.6 Å². The summed E-state index contributed by atoms with van der Waals surface area (Å²) < 4.78 is 32.5. The molecule has 1 N–H and O–H groups in total. The van der Waals surface area contributed by atoms with Gasteiger partial charge in [0.25, 0.3) is 0 Å². The number of piperazine rings is 1. The first kappa shape index (κ1) is 17.8. The summed E-state index contributed by atoms with van der Waals surface area (Å²) >= 11 is 0. The Morgan fingerprint density at radius 3 is 2.58 bits per heavy atom. The lowest BCUT2D eigenvalue weighted by molar-refractivity contribution is 0.105. The molecule has 1 fully saturated rings. The first-order chi connectivity index (χ1) is 12.6. The summed E-state index contributed by atoms with van der Waals surface area (Å²) in [5.41, 5.74) is -0.300. The molecule has 10 heteroatoms. The van der Waals surface area contributed by atoms with Crippen molar-refractivity contribution in [2.75, 3.05) is 43.0 Å². The van der Waals surface area contributed by atoms with Gasteiger partial charge in [0.1, 0.15) is 17.3 Å². The second-order valence-corrected chi connectivity index (χ2v) is 5.54. The van der Waals surface area contributed by atoms with Crippen LogP contribution in [0.5, 0.6) is 0 Å². The third kappa shape index (κ3) is 3.95. The van der Waals surface area contributed by atoms with E-state index in [1.165, 1.54) is 12.3 Å². The predicted octanol–water partition coefficient (Wildman–Crippen LogP) is 2.17. The van der Waals surface area contributed by atoms with Crippen LogP contribution in [0.3, 0.4) is 0 Å². The van der Waals surface area contributed by atoms with Crippen LogP contribution < -0.4 is 10.2 Å². The largest absolute Gasteiger partial charge is 0.450 e. The highest BCUT2D eigenvalue weighted by atomic mass is 19.1. The first-order valence-corrected chi connectivity index (χ1v) is 8.16. The standard InChI is InChI=1S/C16H18F2N6O2/c1-2-26-16(25)24-8-6-23(7-9-24)15-21-13(10-19-22-15)20-14-11(17)4-3-5-12(14)18/h3-5,10H,2,6-9H2,1H3,(H,20,21,22). The van der Waals surface area contributed by atoms with Gasteiger partial charge >= 0.3 is 6.09 Å². The molecule has 1 aliphatic heterocycles. The van der Waals surface area contributed by atoms with Gasteiger partial charge in [0.05, 0.1) is 12.8 Å². The van der Waals surface area contributed by atoms with E-state index in [-0.39, 0.29) is 17.6 Å². The normalized spacial score (nSPS) is 14.3. The Morgan fingerprint density at radius 2 is 1.92 bits per heavy atom. The minimum Gasteiger partial charge on any atom is -0.450 e. The van der Waals surface area contributed by atoms with E-state index in [9.17, 15) is 13.6 Å². The molecule has 0 saturated carbocycles. The Hall–Kier alpha value is -3.04. The van der Waals surface area contributed by atoms with Crippen molar-refractivity contribution < 1.29 is 18.3 Å². The van der Waals surface area contributed by atoms with E-state index in [1.807, 2.05) is 4.90 Å². The minimum atomic E-state index is -0.729. The van der Waals surface area contributed by atoms with Crippen LogP contribution in [0.4, 0.5) is 31.0 Å². The average Bonchev–Trinajstić information content (AvgIpc) is 2.65. The van der Waals surface area contributed by atoms with Crippen molar-refractivity contribution in [3.8, 4) is 0 Å². The monoisotopic (exact) mass is 364 g/mol. The summed E-state index contributed by atoms with van der Waals surface area (Å²) in [5, 5.41) is 10.4. The fraction of sp³-hybridized carbons (Fsp3) is 0.375. The second kappa shape index (κ2) is 7.89. The summed E-state index contributed by atoms with van der Waals surface area (Å²) in [4.78, 5) is 19.4. The fourth-order valence-electron chi connectivity index (χ4n) is 2.54. The molecule has 138 valence electrons. The van der Waals surface area contributed by atoms with E-state index >= 15 is 0 Å². The Bertz CT molecular complexity index is 763. The maximum Gasteiger partial charge on any atom is 0.409 e. The van der Waals surface area contributed by atoms with Gasteiger partial charge < -0.3 is 19.9 Å². The van der Waals surface area contributed by atoms with Gasteiger partial charge in [-0.15, -0.1) is 5.10 Å². The second-order valence-electron chi connectivity index (χ2n) is 5.54. The van der Waals surface area contributed by atoms with Crippen molar-refractivity contribution in [1.29, 1.82) is 0 Å². The summed E-state index contributed by atoms with van der Waals surface area (Å²) in [7, 11) is 0. The van der Waals surface area contributed by atoms with Crippen LogP contribution in [0.25, 0.3) is 0 Å².